The molecular weight excluding hydrogens is 340 g/mol. The minimum Gasteiger partial charge on any atom is -0.450 e. The molecule has 0 saturated heterocycles. The first-order valence-corrected chi connectivity index (χ1v) is 9.07. The summed E-state index contributed by atoms with van der Waals surface area (Å²) < 4.78 is 5.98. The number of para-hydroxylation sites is 1. The molecule has 2 aromatic heterocycles. The average molecular weight is 358 g/mol. The summed E-state index contributed by atoms with van der Waals surface area (Å²) in [6.45, 7) is 2.68. The number of hydrogen-bond donors (Lipinski definition) is 1. The van der Waals surface area contributed by atoms with Crippen LogP contribution in [0.3, 0.4) is 0 Å². The van der Waals surface area contributed by atoms with Crippen LogP contribution < -0.4 is 10.2 Å². The molecule has 0 bridgehead atoms. The maximum Gasteiger partial charge on any atom is 0.227 e. The van der Waals surface area contributed by atoms with E-state index >= 15 is 0 Å². The largest absolute Gasteiger partial charge is 0.450 e. The Morgan fingerprint density at radius 1 is 1.15 bits per heavy atom. The van der Waals surface area contributed by atoms with Crippen molar-refractivity contribution in [1.82, 2.24) is 9.97 Å². The molecule has 1 N–H and O–H groups in total. The molecule has 1 amide bonds. The molecule has 134 valence electrons. The van der Waals surface area contributed by atoms with E-state index in [4.69, 9.17) is 4.42 Å². The minimum atomic E-state index is 0.186. The summed E-state index contributed by atoms with van der Waals surface area (Å²) in [7, 11) is 0. The Morgan fingerprint density at radius 2 is 2.04 bits per heavy atom. The number of nitrogens with one attached hydrogen (secondary N) is 1. The molecule has 2 aromatic carbocycles. The maximum absolute atomic E-state index is 12.1. The second kappa shape index (κ2) is 6.09. The van der Waals surface area contributed by atoms with Crippen LogP contribution in [0.1, 0.15) is 18.9 Å². The Hall–Kier alpha value is -3.41. The first-order chi connectivity index (χ1) is 13.2. The number of rotatable bonds is 3. The number of amides is 1. The van der Waals surface area contributed by atoms with Crippen molar-refractivity contribution < 1.29 is 9.21 Å². The lowest BCUT2D eigenvalue weighted by Gasteiger charge is -2.28. The van der Waals surface area contributed by atoms with Crippen LogP contribution in [-0.2, 0) is 11.2 Å². The molecule has 5 rings (SSSR count). The molecule has 6 nitrogen and oxygen atoms in total. The van der Waals surface area contributed by atoms with Gasteiger partial charge >= 0.3 is 0 Å². The number of aryl methyl sites for hydroxylation is 1. The molecule has 0 unspecified atom stereocenters. The first kappa shape index (κ1) is 15.8. The molecule has 0 radical (unpaired) electrons. The number of fused-ring (bicyclic) bond motifs is 4. The van der Waals surface area contributed by atoms with Crippen molar-refractivity contribution in [3.05, 3.63) is 54.4 Å². The Bertz CT molecular complexity index is 1180. The van der Waals surface area contributed by atoms with Gasteiger partial charge in [-0.2, -0.15) is 0 Å². The highest BCUT2D eigenvalue weighted by atomic mass is 16.3. The minimum absolute atomic E-state index is 0.186. The van der Waals surface area contributed by atoms with E-state index in [1.807, 2.05) is 48.2 Å². The van der Waals surface area contributed by atoms with Gasteiger partial charge in [0.15, 0.2) is 11.4 Å². The Balaban J connectivity index is 1.55. The molecule has 1 aliphatic rings. The third-order valence-corrected chi connectivity index (χ3v) is 5.02. The highest BCUT2D eigenvalue weighted by Gasteiger charge is 2.23. The monoisotopic (exact) mass is 358 g/mol. The molecule has 1 aliphatic heterocycles. The molecule has 0 spiro atoms. The summed E-state index contributed by atoms with van der Waals surface area (Å²) in [5.74, 6) is 0.820. The number of hydrogen-bond acceptors (Lipinski definition) is 5. The molecular formula is C21H18N4O2. The number of aromatic nitrogens is 2. The van der Waals surface area contributed by atoms with E-state index < -0.39 is 0 Å². The number of carbonyl (C=O) groups is 1. The molecule has 4 aromatic rings. The third-order valence-electron chi connectivity index (χ3n) is 5.02. The normalized spacial score (nSPS) is 14.0. The van der Waals surface area contributed by atoms with E-state index in [9.17, 15) is 4.79 Å². The molecule has 27 heavy (non-hydrogen) atoms. The van der Waals surface area contributed by atoms with Crippen molar-refractivity contribution in [3.63, 3.8) is 0 Å². The maximum atomic E-state index is 12.1. The van der Waals surface area contributed by atoms with Gasteiger partial charge in [-0.25, -0.2) is 9.97 Å². The predicted molar refractivity (Wildman–Crippen MR) is 105 cm³/mol. The average Bonchev–Trinajstić information content (AvgIpc) is 3.08. The second-order valence-electron chi connectivity index (χ2n) is 6.60. The Morgan fingerprint density at radius 3 is 2.93 bits per heavy atom. The third kappa shape index (κ3) is 2.52. The van der Waals surface area contributed by atoms with Crippen molar-refractivity contribution in [2.24, 2.45) is 0 Å². The summed E-state index contributed by atoms with van der Waals surface area (Å²) in [5.41, 5.74) is 5.30. The van der Waals surface area contributed by atoms with Crippen molar-refractivity contribution in [3.8, 4) is 0 Å². The number of benzene rings is 2. The Labute approximate surface area is 155 Å². The highest BCUT2D eigenvalue weighted by Crippen LogP contribution is 2.34. The number of nitrogens with zero attached hydrogens (tertiary/aromatic N) is 3. The summed E-state index contributed by atoms with van der Waals surface area (Å²) in [6.07, 6.45) is 2.85. The summed E-state index contributed by atoms with van der Waals surface area (Å²) in [5, 5.41) is 4.33. The molecule has 6 heteroatoms. The van der Waals surface area contributed by atoms with Crippen LogP contribution in [0.25, 0.3) is 22.1 Å². The predicted octanol–water partition coefficient (Wildman–Crippen LogP) is 4.42. The van der Waals surface area contributed by atoms with Gasteiger partial charge in [0, 0.05) is 29.7 Å². The molecule has 0 atom stereocenters. The van der Waals surface area contributed by atoms with Crippen LogP contribution in [0.2, 0.25) is 0 Å². The summed E-state index contributed by atoms with van der Waals surface area (Å²) in [4.78, 5) is 22.7. The van der Waals surface area contributed by atoms with Crippen molar-refractivity contribution in [2.45, 2.75) is 19.8 Å². The number of furan rings is 1. The summed E-state index contributed by atoms with van der Waals surface area (Å²) in [6, 6.07) is 13.9. The van der Waals surface area contributed by atoms with Crippen LogP contribution in [0.15, 0.2) is 53.2 Å². The lowest BCUT2D eigenvalue weighted by atomic mass is 10.0. The summed E-state index contributed by atoms with van der Waals surface area (Å²) >= 11 is 0. The standard InChI is InChI=1S/C21H18N4O2/c1-2-25-16-9-8-14(11-13(16)7-10-18(25)26)24-21-20-19(22-12-23-21)15-5-3-4-6-17(15)27-20/h3-6,8-9,11-12H,2,7,10H2,1H3,(H,22,23,24). The van der Waals surface area contributed by atoms with Gasteiger partial charge in [0.05, 0.1) is 0 Å². The van der Waals surface area contributed by atoms with E-state index in [1.165, 1.54) is 0 Å². The fraction of sp³-hybridized carbons (Fsp3) is 0.190. The van der Waals surface area contributed by atoms with Crippen LogP contribution >= 0.6 is 0 Å². The van der Waals surface area contributed by atoms with Gasteiger partial charge in [-0.15, -0.1) is 0 Å². The van der Waals surface area contributed by atoms with E-state index in [0.29, 0.717) is 24.4 Å². The molecule has 0 aliphatic carbocycles. The lowest BCUT2D eigenvalue weighted by Crippen LogP contribution is -2.34. The van der Waals surface area contributed by atoms with Gasteiger partial charge < -0.3 is 14.6 Å². The van der Waals surface area contributed by atoms with Gasteiger partial charge in [0.2, 0.25) is 5.91 Å². The van der Waals surface area contributed by atoms with Gasteiger partial charge in [-0.05, 0) is 49.2 Å². The number of anilines is 3. The van der Waals surface area contributed by atoms with Crippen LogP contribution in [0.4, 0.5) is 17.2 Å². The van der Waals surface area contributed by atoms with E-state index in [2.05, 4.69) is 21.4 Å². The quantitative estimate of drug-likeness (QED) is 0.587. The van der Waals surface area contributed by atoms with E-state index in [-0.39, 0.29) is 5.91 Å². The smallest absolute Gasteiger partial charge is 0.227 e. The van der Waals surface area contributed by atoms with E-state index in [1.54, 1.807) is 6.33 Å². The van der Waals surface area contributed by atoms with Crippen LogP contribution in [-0.4, -0.2) is 22.4 Å². The van der Waals surface area contributed by atoms with Crippen LogP contribution in [0.5, 0.6) is 0 Å². The van der Waals surface area contributed by atoms with Gasteiger partial charge in [0.1, 0.15) is 17.4 Å². The zero-order valence-corrected chi connectivity index (χ0v) is 14.9. The van der Waals surface area contributed by atoms with Gasteiger partial charge in [-0.3, -0.25) is 4.79 Å². The topological polar surface area (TPSA) is 71.3 Å². The van der Waals surface area contributed by atoms with Crippen LogP contribution in [0, 0.1) is 0 Å². The Kier molecular flexibility index (Phi) is 3.57. The van der Waals surface area contributed by atoms with Crippen molar-refractivity contribution in [1.29, 1.82) is 0 Å². The lowest BCUT2D eigenvalue weighted by molar-refractivity contribution is -0.118. The van der Waals surface area contributed by atoms with Crippen molar-refractivity contribution >= 4 is 45.2 Å². The molecule has 0 fully saturated rings. The van der Waals surface area contributed by atoms with Gasteiger partial charge in [0.25, 0.3) is 0 Å². The highest BCUT2D eigenvalue weighted by molar-refractivity contribution is 6.06. The van der Waals surface area contributed by atoms with Crippen molar-refractivity contribution in [2.75, 3.05) is 16.8 Å². The second-order valence-corrected chi connectivity index (χ2v) is 6.60. The van der Waals surface area contributed by atoms with E-state index in [0.717, 1.165) is 39.8 Å². The molecule has 0 saturated carbocycles. The molecule has 3 heterocycles. The fourth-order valence-electron chi connectivity index (χ4n) is 3.73. The first-order valence-electron chi connectivity index (χ1n) is 9.07. The fourth-order valence-corrected chi connectivity index (χ4v) is 3.73. The zero-order valence-electron chi connectivity index (χ0n) is 14.9. The zero-order chi connectivity index (χ0) is 18.4. The SMILES string of the molecule is CCN1C(=O)CCc2cc(Nc3ncnc4c3oc3ccccc34)ccc21. The van der Waals surface area contributed by atoms with Gasteiger partial charge in [-0.1, -0.05) is 12.1 Å². The number of carbonyl (C=O) groups excluding carboxylic acids is 1.